The van der Waals surface area contributed by atoms with Crippen LogP contribution in [0.4, 0.5) is 10.8 Å². The van der Waals surface area contributed by atoms with Gasteiger partial charge >= 0.3 is 0 Å². The molecule has 0 bridgehead atoms. The Bertz CT molecular complexity index is 424. The van der Waals surface area contributed by atoms with Crippen molar-refractivity contribution < 1.29 is 0 Å². The molecule has 2 rings (SSSR count). The molecule has 0 saturated carbocycles. The van der Waals surface area contributed by atoms with Crippen LogP contribution in [0.2, 0.25) is 0 Å². The van der Waals surface area contributed by atoms with Crippen molar-refractivity contribution in [3.8, 4) is 10.6 Å². The highest BCUT2D eigenvalue weighted by atomic mass is 32.1. The van der Waals surface area contributed by atoms with Crippen LogP contribution < -0.4 is 11.5 Å². The third-order valence-electron chi connectivity index (χ3n) is 1.45. The van der Waals surface area contributed by atoms with Gasteiger partial charge in [-0.25, -0.2) is 0 Å². The van der Waals surface area contributed by atoms with E-state index in [1.807, 2.05) is 0 Å². The average Bonchev–Trinajstić information content (AvgIpc) is 2.52. The Morgan fingerprint density at radius 3 is 2.62 bits per heavy atom. The first-order chi connectivity index (χ1) is 6.25. The van der Waals surface area contributed by atoms with Crippen molar-refractivity contribution in [2.45, 2.75) is 0 Å². The second-order valence-electron chi connectivity index (χ2n) is 2.45. The standard InChI is InChI=1S/C7H7N5S/c8-5-1-4(2-10-3-5)6-11-12-7(9)13-6/h1-3H,8H2,(H2,9,12). The van der Waals surface area contributed by atoms with Crippen LogP contribution in [-0.4, -0.2) is 15.2 Å². The van der Waals surface area contributed by atoms with Gasteiger partial charge in [0.25, 0.3) is 0 Å². The van der Waals surface area contributed by atoms with Crippen LogP contribution in [0, 0.1) is 0 Å². The molecule has 0 spiro atoms. The van der Waals surface area contributed by atoms with Gasteiger partial charge in [0.15, 0.2) is 5.01 Å². The fourth-order valence-corrected chi connectivity index (χ4v) is 1.52. The number of anilines is 2. The summed E-state index contributed by atoms with van der Waals surface area (Å²) in [6, 6.07) is 1.78. The van der Waals surface area contributed by atoms with Gasteiger partial charge in [-0.05, 0) is 6.07 Å². The summed E-state index contributed by atoms with van der Waals surface area (Å²) in [6.07, 6.45) is 3.25. The Kier molecular flexibility index (Phi) is 1.82. The smallest absolute Gasteiger partial charge is 0.203 e. The van der Waals surface area contributed by atoms with Crippen molar-refractivity contribution in [1.29, 1.82) is 0 Å². The quantitative estimate of drug-likeness (QED) is 0.697. The summed E-state index contributed by atoms with van der Waals surface area (Å²) in [5.41, 5.74) is 12.5. The maximum absolute atomic E-state index is 5.57. The second-order valence-corrected chi connectivity index (χ2v) is 3.46. The zero-order valence-electron chi connectivity index (χ0n) is 6.64. The predicted octanol–water partition coefficient (Wildman–Crippen LogP) is 0.765. The van der Waals surface area contributed by atoms with Crippen LogP contribution in [-0.2, 0) is 0 Å². The number of hydrogen-bond donors (Lipinski definition) is 2. The molecule has 6 heteroatoms. The van der Waals surface area contributed by atoms with E-state index in [-0.39, 0.29) is 0 Å². The van der Waals surface area contributed by atoms with Gasteiger partial charge in [0.1, 0.15) is 0 Å². The maximum atomic E-state index is 5.57. The summed E-state index contributed by atoms with van der Waals surface area (Å²) in [4.78, 5) is 3.94. The van der Waals surface area contributed by atoms with Gasteiger partial charge in [-0.15, -0.1) is 10.2 Å². The minimum atomic E-state index is 0.442. The molecule has 0 unspecified atom stereocenters. The minimum Gasteiger partial charge on any atom is -0.397 e. The van der Waals surface area contributed by atoms with E-state index in [1.54, 1.807) is 18.5 Å². The Morgan fingerprint density at radius 1 is 1.15 bits per heavy atom. The summed E-state index contributed by atoms with van der Waals surface area (Å²) in [6.45, 7) is 0. The lowest BCUT2D eigenvalue weighted by molar-refractivity contribution is 1.10. The highest BCUT2D eigenvalue weighted by Crippen LogP contribution is 2.24. The first kappa shape index (κ1) is 7.93. The highest BCUT2D eigenvalue weighted by Gasteiger charge is 2.04. The zero-order valence-corrected chi connectivity index (χ0v) is 7.45. The molecule has 0 saturated heterocycles. The van der Waals surface area contributed by atoms with E-state index >= 15 is 0 Å². The van der Waals surface area contributed by atoms with E-state index in [4.69, 9.17) is 11.5 Å². The Labute approximate surface area is 78.4 Å². The van der Waals surface area contributed by atoms with Gasteiger partial charge in [-0.2, -0.15) is 0 Å². The minimum absolute atomic E-state index is 0.442. The molecule has 0 atom stereocenters. The van der Waals surface area contributed by atoms with Gasteiger partial charge in [0, 0.05) is 18.0 Å². The Balaban J connectivity index is 2.46. The molecule has 0 aliphatic rings. The van der Waals surface area contributed by atoms with Gasteiger partial charge in [0.05, 0.1) is 5.69 Å². The normalized spacial score (nSPS) is 10.2. The largest absolute Gasteiger partial charge is 0.397 e. The third-order valence-corrected chi connectivity index (χ3v) is 2.25. The molecule has 5 nitrogen and oxygen atoms in total. The molecule has 0 aliphatic heterocycles. The fraction of sp³-hybridized carbons (Fsp3) is 0. The SMILES string of the molecule is Nc1cncc(-c2nnc(N)s2)c1. The monoisotopic (exact) mass is 193 g/mol. The summed E-state index contributed by atoms with van der Waals surface area (Å²) in [5, 5.41) is 8.75. The molecular formula is C7H7N5S. The van der Waals surface area contributed by atoms with Crippen molar-refractivity contribution in [3.05, 3.63) is 18.5 Å². The van der Waals surface area contributed by atoms with E-state index in [0.717, 1.165) is 10.6 Å². The summed E-state index contributed by atoms with van der Waals surface area (Å²) in [7, 11) is 0. The molecule has 0 aromatic carbocycles. The third kappa shape index (κ3) is 1.57. The highest BCUT2D eigenvalue weighted by molar-refractivity contribution is 7.18. The number of hydrogen-bond acceptors (Lipinski definition) is 6. The van der Waals surface area contributed by atoms with Gasteiger partial charge < -0.3 is 11.5 Å². The molecule has 0 fully saturated rings. The summed E-state index contributed by atoms with van der Waals surface area (Å²) >= 11 is 1.31. The van der Waals surface area contributed by atoms with Crippen LogP contribution in [0.1, 0.15) is 0 Å². The molecule has 66 valence electrons. The second kappa shape index (κ2) is 2.98. The maximum Gasteiger partial charge on any atom is 0.203 e. The first-order valence-corrected chi connectivity index (χ1v) is 4.37. The lowest BCUT2D eigenvalue weighted by Gasteiger charge is -1.94. The van der Waals surface area contributed by atoms with Crippen LogP contribution in [0.15, 0.2) is 18.5 Å². The molecule has 0 amide bonds. The number of nitrogen functional groups attached to an aromatic ring is 2. The molecule has 0 radical (unpaired) electrons. The molecule has 2 aromatic rings. The van der Waals surface area contributed by atoms with Gasteiger partial charge in [-0.1, -0.05) is 11.3 Å². The number of aromatic nitrogens is 3. The topological polar surface area (TPSA) is 90.7 Å². The molecule has 13 heavy (non-hydrogen) atoms. The molecule has 0 aliphatic carbocycles. The first-order valence-electron chi connectivity index (χ1n) is 3.55. The molecule has 4 N–H and O–H groups in total. The number of nitrogens with two attached hydrogens (primary N) is 2. The van der Waals surface area contributed by atoms with Crippen LogP contribution in [0.25, 0.3) is 10.6 Å². The predicted molar refractivity (Wildman–Crippen MR) is 52.0 cm³/mol. The van der Waals surface area contributed by atoms with Crippen LogP contribution in [0.5, 0.6) is 0 Å². The average molecular weight is 193 g/mol. The van der Waals surface area contributed by atoms with Gasteiger partial charge in [-0.3, -0.25) is 4.98 Å². The number of pyridine rings is 1. The lowest BCUT2D eigenvalue weighted by Crippen LogP contribution is -1.87. The molecule has 2 heterocycles. The van der Waals surface area contributed by atoms with E-state index in [1.165, 1.54) is 11.3 Å². The van der Waals surface area contributed by atoms with Crippen molar-refractivity contribution in [2.24, 2.45) is 0 Å². The summed E-state index contributed by atoms with van der Waals surface area (Å²) < 4.78 is 0. The van der Waals surface area contributed by atoms with Crippen LogP contribution >= 0.6 is 11.3 Å². The van der Waals surface area contributed by atoms with E-state index < -0.39 is 0 Å². The molecular weight excluding hydrogens is 186 g/mol. The van der Waals surface area contributed by atoms with E-state index in [9.17, 15) is 0 Å². The lowest BCUT2D eigenvalue weighted by atomic mass is 10.3. The molecule has 2 aromatic heterocycles. The van der Waals surface area contributed by atoms with E-state index in [0.29, 0.717) is 10.8 Å². The van der Waals surface area contributed by atoms with Crippen molar-refractivity contribution >= 4 is 22.2 Å². The number of rotatable bonds is 1. The van der Waals surface area contributed by atoms with Crippen molar-refractivity contribution in [1.82, 2.24) is 15.2 Å². The van der Waals surface area contributed by atoms with Gasteiger partial charge in [0.2, 0.25) is 5.13 Å². The van der Waals surface area contributed by atoms with Crippen molar-refractivity contribution in [3.63, 3.8) is 0 Å². The fourth-order valence-electron chi connectivity index (χ4n) is 0.926. The van der Waals surface area contributed by atoms with E-state index in [2.05, 4.69) is 15.2 Å². The Hall–Kier alpha value is -1.69. The zero-order chi connectivity index (χ0) is 9.26. The Morgan fingerprint density at radius 2 is 2.00 bits per heavy atom. The number of nitrogens with zero attached hydrogens (tertiary/aromatic N) is 3. The van der Waals surface area contributed by atoms with Crippen LogP contribution in [0.3, 0.4) is 0 Å². The van der Waals surface area contributed by atoms with Crippen molar-refractivity contribution in [2.75, 3.05) is 11.5 Å². The summed E-state index contributed by atoms with van der Waals surface area (Å²) in [5.74, 6) is 0.